The van der Waals surface area contributed by atoms with Gasteiger partial charge in [0.25, 0.3) is 10.0 Å². The molecule has 0 saturated heterocycles. The molecule has 35 heavy (non-hydrogen) atoms. The molecule has 180 valence electrons. The molecule has 4 aromatic rings. The number of aryl methyl sites for hydroxylation is 1. The molecular weight excluding hydrogens is 487 g/mol. The van der Waals surface area contributed by atoms with Crippen molar-refractivity contribution in [1.82, 2.24) is 13.9 Å². The molecule has 0 radical (unpaired) electrons. The molecule has 13 heteroatoms. The van der Waals surface area contributed by atoms with Gasteiger partial charge in [0.15, 0.2) is 5.65 Å². The Labute approximate surface area is 196 Å². The maximum atomic E-state index is 13.1. The van der Waals surface area contributed by atoms with Crippen molar-refractivity contribution >= 4 is 44.3 Å². The van der Waals surface area contributed by atoms with E-state index in [0.29, 0.717) is 23.9 Å². The Kier molecular flexibility index (Phi) is 5.35. The van der Waals surface area contributed by atoms with Crippen LogP contribution in [0.25, 0.3) is 11.0 Å². The summed E-state index contributed by atoms with van der Waals surface area (Å²) in [6.07, 6.45) is -1.17. The van der Waals surface area contributed by atoms with Crippen LogP contribution in [0, 0.1) is 0 Å². The zero-order valence-corrected chi connectivity index (χ0v) is 18.5. The summed E-state index contributed by atoms with van der Waals surface area (Å²) >= 11 is 0. The van der Waals surface area contributed by atoms with Crippen molar-refractivity contribution in [3.05, 3.63) is 66.5 Å². The van der Waals surface area contributed by atoms with E-state index >= 15 is 0 Å². The Morgan fingerprint density at radius 3 is 2.57 bits per heavy atom. The summed E-state index contributed by atoms with van der Waals surface area (Å²) in [6, 6.07) is 10.7. The summed E-state index contributed by atoms with van der Waals surface area (Å²) in [4.78, 5) is 19.8. The highest BCUT2D eigenvalue weighted by Gasteiger charge is 2.31. The summed E-state index contributed by atoms with van der Waals surface area (Å²) in [5.41, 5.74) is 2.41. The molecule has 0 unspecified atom stereocenters. The van der Waals surface area contributed by atoms with E-state index in [9.17, 15) is 26.4 Å². The van der Waals surface area contributed by atoms with E-state index in [1.165, 1.54) is 18.5 Å². The van der Waals surface area contributed by atoms with Gasteiger partial charge in [0, 0.05) is 35.6 Å². The first-order chi connectivity index (χ1) is 16.6. The lowest BCUT2D eigenvalue weighted by Crippen LogP contribution is -2.18. The first kappa shape index (κ1) is 22.7. The van der Waals surface area contributed by atoms with Gasteiger partial charge < -0.3 is 15.4 Å². The summed E-state index contributed by atoms with van der Waals surface area (Å²) in [7, 11) is -4.17. The summed E-state index contributed by atoms with van der Waals surface area (Å²) in [5, 5.41) is 6.27. The lowest BCUT2D eigenvalue weighted by atomic mass is 10.0. The standard InChI is InChI=1S/C22H16F3N5O4S/c23-22(24,25)34-16-3-5-17(6-4-16)35(32,33)30-10-9-14-12-26-21(29-20(14)30)27-15-2-7-18-13(11-15)1-8-19(31)28-18/h2-7,9-12H,1,8H2,(H,28,31)(H,26,27,29). The van der Waals surface area contributed by atoms with E-state index in [2.05, 4.69) is 25.3 Å². The molecule has 2 N–H and O–H groups in total. The van der Waals surface area contributed by atoms with E-state index in [0.717, 1.165) is 39.5 Å². The lowest BCUT2D eigenvalue weighted by molar-refractivity contribution is -0.274. The topological polar surface area (TPSA) is 115 Å². The highest BCUT2D eigenvalue weighted by atomic mass is 32.2. The van der Waals surface area contributed by atoms with Gasteiger partial charge in [-0.2, -0.15) is 4.98 Å². The molecule has 5 rings (SSSR count). The fourth-order valence-corrected chi connectivity index (χ4v) is 4.97. The van der Waals surface area contributed by atoms with Gasteiger partial charge in [0.2, 0.25) is 11.9 Å². The third-order valence-corrected chi connectivity index (χ3v) is 6.95. The number of halogens is 3. The van der Waals surface area contributed by atoms with E-state index in [-0.39, 0.29) is 22.4 Å². The predicted octanol–water partition coefficient (Wildman–Crippen LogP) is 4.20. The number of anilines is 3. The third-order valence-electron chi connectivity index (χ3n) is 5.27. The number of carbonyl (C=O) groups excluding carboxylic acids is 1. The van der Waals surface area contributed by atoms with E-state index in [1.807, 2.05) is 6.07 Å². The van der Waals surface area contributed by atoms with Crippen molar-refractivity contribution in [1.29, 1.82) is 0 Å². The van der Waals surface area contributed by atoms with Crippen LogP contribution in [0.2, 0.25) is 0 Å². The minimum absolute atomic E-state index is 0.0449. The first-order valence-corrected chi connectivity index (χ1v) is 11.7. The highest BCUT2D eigenvalue weighted by molar-refractivity contribution is 7.90. The van der Waals surface area contributed by atoms with Gasteiger partial charge in [-0.15, -0.1) is 13.2 Å². The van der Waals surface area contributed by atoms with E-state index in [4.69, 9.17) is 0 Å². The molecule has 0 spiro atoms. The molecule has 2 aromatic heterocycles. The number of alkyl halides is 3. The molecule has 1 aliphatic rings. The second-order valence-corrected chi connectivity index (χ2v) is 9.47. The quantitative estimate of drug-likeness (QED) is 0.420. The second kappa shape index (κ2) is 8.27. The van der Waals surface area contributed by atoms with Crippen LogP contribution >= 0.6 is 0 Å². The number of amides is 1. The number of fused-ring (bicyclic) bond motifs is 2. The Bertz CT molecular complexity index is 1550. The molecule has 9 nitrogen and oxygen atoms in total. The van der Waals surface area contributed by atoms with E-state index < -0.39 is 22.1 Å². The van der Waals surface area contributed by atoms with Crippen LogP contribution in [-0.4, -0.2) is 34.6 Å². The SMILES string of the molecule is O=C1CCc2cc(Nc3ncc4ccn(S(=O)(=O)c5ccc(OC(F)(F)F)cc5)c4n3)ccc2N1. The molecular formula is C22H16F3N5O4S. The Balaban J connectivity index is 1.44. The van der Waals surface area contributed by atoms with Crippen LogP contribution in [0.1, 0.15) is 12.0 Å². The van der Waals surface area contributed by atoms with Gasteiger partial charge in [0.05, 0.1) is 4.90 Å². The minimum Gasteiger partial charge on any atom is -0.406 e. The van der Waals surface area contributed by atoms with Crippen LogP contribution in [0.3, 0.4) is 0 Å². The largest absolute Gasteiger partial charge is 0.573 e. The summed E-state index contributed by atoms with van der Waals surface area (Å²) < 4.78 is 68.2. The second-order valence-electron chi connectivity index (χ2n) is 7.65. The molecule has 0 aliphatic carbocycles. The number of benzene rings is 2. The molecule has 0 fully saturated rings. The van der Waals surface area contributed by atoms with Gasteiger partial charge >= 0.3 is 6.36 Å². The number of aromatic nitrogens is 3. The number of hydrogen-bond acceptors (Lipinski definition) is 7. The minimum atomic E-state index is -4.89. The van der Waals surface area contributed by atoms with Crippen molar-refractivity contribution < 1.29 is 31.1 Å². The lowest BCUT2D eigenvalue weighted by Gasteiger charge is -2.17. The fraction of sp³-hybridized carbons (Fsp3) is 0.136. The van der Waals surface area contributed by atoms with Gasteiger partial charge in [0.1, 0.15) is 5.75 Å². The van der Waals surface area contributed by atoms with Crippen molar-refractivity contribution in [3.63, 3.8) is 0 Å². The number of rotatable bonds is 5. The van der Waals surface area contributed by atoms with Gasteiger partial charge in [-0.05, 0) is 60.5 Å². The molecule has 1 amide bonds. The van der Waals surface area contributed by atoms with Crippen molar-refractivity contribution in [2.75, 3.05) is 10.6 Å². The van der Waals surface area contributed by atoms with Crippen molar-refractivity contribution in [2.45, 2.75) is 24.1 Å². The van der Waals surface area contributed by atoms with Crippen LogP contribution < -0.4 is 15.4 Å². The van der Waals surface area contributed by atoms with Gasteiger partial charge in [-0.1, -0.05) is 0 Å². The molecule has 0 bridgehead atoms. The van der Waals surface area contributed by atoms with Crippen LogP contribution in [-0.2, 0) is 21.2 Å². The maximum Gasteiger partial charge on any atom is 0.573 e. The number of carbonyl (C=O) groups is 1. The van der Waals surface area contributed by atoms with Crippen molar-refractivity contribution in [3.8, 4) is 5.75 Å². The molecule has 2 aromatic carbocycles. The molecule has 0 saturated carbocycles. The number of ether oxygens (including phenoxy) is 1. The van der Waals surface area contributed by atoms with Crippen LogP contribution in [0.5, 0.6) is 5.75 Å². The zero-order valence-electron chi connectivity index (χ0n) is 17.7. The normalized spacial score (nSPS) is 13.9. The summed E-state index contributed by atoms with van der Waals surface area (Å²) in [5.74, 6) is -0.440. The zero-order chi connectivity index (χ0) is 24.8. The van der Waals surface area contributed by atoms with Crippen LogP contribution in [0.15, 0.2) is 65.8 Å². The van der Waals surface area contributed by atoms with Gasteiger partial charge in [-0.3, -0.25) is 4.79 Å². The Morgan fingerprint density at radius 1 is 1.06 bits per heavy atom. The Hall–Kier alpha value is -4.13. The summed E-state index contributed by atoms with van der Waals surface area (Å²) in [6.45, 7) is 0. The molecule has 3 heterocycles. The average molecular weight is 503 g/mol. The third kappa shape index (κ3) is 4.62. The Morgan fingerprint density at radius 2 is 1.83 bits per heavy atom. The molecule has 1 aliphatic heterocycles. The number of hydrogen-bond donors (Lipinski definition) is 2. The van der Waals surface area contributed by atoms with E-state index in [1.54, 1.807) is 12.1 Å². The predicted molar refractivity (Wildman–Crippen MR) is 120 cm³/mol. The molecule has 0 atom stereocenters. The first-order valence-electron chi connectivity index (χ1n) is 10.2. The van der Waals surface area contributed by atoms with Gasteiger partial charge in [-0.25, -0.2) is 17.4 Å². The fourth-order valence-electron chi connectivity index (χ4n) is 3.67. The highest BCUT2D eigenvalue weighted by Crippen LogP contribution is 2.28. The number of nitrogens with one attached hydrogen (secondary N) is 2. The van der Waals surface area contributed by atoms with Crippen LogP contribution in [0.4, 0.5) is 30.5 Å². The van der Waals surface area contributed by atoms with Crippen molar-refractivity contribution in [2.24, 2.45) is 0 Å². The number of nitrogens with zero attached hydrogens (tertiary/aromatic N) is 3. The monoisotopic (exact) mass is 503 g/mol. The smallest absolute Gasteiger partial charge is 0.406 e. The maximum absolute atomic E-state index is 13.1. The average Bonchev–Trinajstić information content (AvgIpc) is 3.23.